The molecule has 0 bridgehead atoms. The summed E-state index contributed by atoms with van der Waals surface area (Å²) >= 11 is 5.22. The van der Waals surface area contributed by atoms with Crippen molar-refractivity contribution in [1.82, 2.24) is 0 Å². The Morgan fingerprint density at radius 1 is 1.33 bits per heavy atom. The summed E-state index contributed by atoms with van der Waals surface area (Å²) in [5, 5.41) is 0. The van der Waals surface area contributed by atoms with E-state index in [9.17, 15) is 4.79 Å². The van der Waals surface area contributed by atoms with Gasteiger partial charge in [-0.1, -0.05) is 36.7 Å². The summed E-state index contributed by atoms with van der Waals surface area (Å²) in [5.41, 5.74) is 0.744. The molecule has 0 spiro atoms. The van der Waals surface area contributed by atoms with Gasteiger partial charge in [-0.15, -0.1) is 11.8 Å². The predicted octanol–water partition coefficient (Wildman–Crippen LogP) is 4.54. The highest BCUT2D eigenvalue weighted by atomic mass is 79.9. The lowest BCUT2D eigenvalue weighted by molar-refractivity contribution is 0.101. The van der Waals surface area contributed by atoms with Crippen LogP contribution in [0.3, 0.4) is 0 Å². The van der Waals surface area contributed by atoms with E-state index in [0.29, 0.717) is 0 Å². The Labute approximate surface area is 104 Å². The second-order valence-electron chi connectivity index (χ2n) is 4.41. The van der Waals surface area contributed by atoms with E-state index in [1.165, 1.54) is 4.90 Å². The zero-order valence-electron chi connectivity index (χ0n) is 9.43. The molecule has 82 valence electrons. The molecule has 0 atom stereocenters. The fourth-order valence-corrected chi connectivity index (χ4v) is 3.03. The highest BCUT2D eigenvalue weighted by Crippen LogP contribution is 2.34. The van der Waals surface area contributed by atoms with Crippen LogP contribution in [-0.4, -0.2) is 10.5 Å². The lowest BCUT2D eigenvalue weighted by Gasteiger charge is -2.17. The van der Waals surface area contributed by atoms with Gasteiger partial charge in [-0.3, -0.25) is 4.79 Å². The Hall–Kier alpha value is -0.280. The van der Waals surface area contributed by atoms with E-state index < -0.39 is 0 Å². The van der Waals surface area contributed by atoms with Crippen molar-refractivity contribution < 1.29 is 4.79 Å². The SMILES string of the molecule is CC(=O)c1ccc(SC(C)(C)C)cc1Br. The van der Waals surface area contributed by atoms with E-state index in [-0.39, 0.29) is 10.5 Å². The first kappa shape index (κ1) is 12.8. The third-order valence-corrected chi connectivity index (χ3v) is 3.50. The van der Waals surface area contributed by atoms with Gasteiger partial charge in [-0.2, -0.15) is 0 Å². The van der Waals surface area contributed by atoms with Gasteiger partial charge in [0.05, 0.1) is 0 Å². The van der Waals surface area contributed by atoms with Gasteiger partial charge >= 0.3 is 0 Å². The van der Waals surface area contributed by atoms with Gasteiger partial charge in [-0.25, -0.2) is 0 Å². The summed E-state index contributed by atoms with van der Waals surface area (Å²) in [7, 11) is 0. The molecule has 1 aromatic rings. The second kappa shape index (κ2) is 4.71. The standard InChI is InChI=1S/C12H15BrOS/c1-8(14)10-6-5-9(7-11(10)13)15-12(2,3)4/h5-7H,1-4H3. The number of thioether (sulfide) groups is 1. The maximum Gasteiger partial charge on any atom is 0.160 e. The largest absolute Gasteiger partial charge is 0.294 e. The number of halogens is 1. The molecular weight excluding hydrogens is 272 g/mol. The van der Waals surface area contributed by atoms with Crippen LogP contribution in [-0.2, 0) is 0 Å². The van der Waals surface area contributed by atoms with Crippen LogP contribution in [0.5, 0.6) is 0 Å². The highest BCUT2D eigenvalue weighted by molar-refractivity contribution is 9.10. The quantitative estimate of drug-likeness (QED) is 0.586. The smallest absolute Gasteiger partial charge is 0.160 e. The molecule has 0 saturated carbocycles. The van der Waals surface area contributed by atoms with E-state index in [0.717, 1.165) is 10.0 Å². The molecule has 0 heterocycles. The molecule has 0 N–H and O–H groups in total. The van der Waals surface area contributed by atoms with Crippen LogP contribution in [0.15, 0.2) is 27.6 Å². The first-order chi connectivity index (χ1) is 6.79. The Balaban J connectivity index is 2.97. The minimum atomic E-state index is 0.0918. The third kappa shape index (κ3) is 3.99. The van der Waals surface area contributed by atoms with Crippen molar-refractivity contribution in [3.63, 3.8) is 0 Å². The lowest BCUT2D eigenvalue weighted by Crippen LogP contribution is -2.06. The zero-order valence-corrected chi connectivity index (χ0v) is 11.8. The summed E-state index contributed by atoms with van der Waals surface area (Å²) in [4.78, 5) is 12.4. The average Bonchev–Trinajstić information content (AvgIpc) is 1.99. The molecule has 0 fully saturated rings. The molecule has 1 rings (SSSR count). The molecule has 1 nitrogen and oxygen atoms in total. The zero-order chi connectivity index (χ0) is 11.6. The number of hydrogen-bond donors (Lipinski definition) is 0. The number of rotatable bonds is 2. The van der Waals surface area contributed by atoms with E-state index in [1.807, 2.05) is 18.2 Å². The van der Waals surface area contributed by atoms with Crippen LogP contribution in [0.25, 0.3) is 0 Å². The summed E-state index contributed by atoms with van der Waals surface area (Å²) in [5.74, 6) is 0.0918. The van der Waals surface area contributed by atoms with Gasteiger partial charge in [-0.05, 0) is 25.1 Å². The first-order valence-corrected chi connectivity index (χ1v) is 6.40. The number of Topliss-reactive ketones (excluding diaryl/α,β-unsaturated/α-hetero) is 1. The molecule has 15 heavy (non-hydrogen) atoms. The number of ketones is 1. The van der Waals surface area contributed by atoms with Crippen molar-refractivity contribution in [2.45, 2.75) is 37.3 Å². The van der Waals surface area contributed by atoms with Crippen molar-refractivity contribution in [3.05, 3.63) is 28.2 Å². The topological polar surface area (TPSA) is 17.1 Å². The molecule has 0 aliphatic rings. The lowest BCUT2D eigenvalue weighted by atomic mass is 10.1. The van der Waals surface area contributed by atoms with Crippen LogP contribution >= 0.6 is 27.7 Å². The highest BCUT2D eigenvalue weighted by Gasteiger charge is 2.13. The molecule has 0 aliphatic heterocycles. The van der Waals surface area contributed by atoms with Crippen LogP contribution in [0, 0.1) is 0 Å². The van der Waals surface area contributed by atoms with Crippen LogP contribution in [0.1, 0.15) is 38.1 Å². The molecule has 0 amide bonds. The van der Waals surface area contributed by atoms with Crippen molar-refractivity contribution in [1.29, 1.82) is 0 Å². The summed E-state index contributed by atoms with van der Waals surface area (Å²) in [6, 6.07) is 5.88. The van der Waals surface area contributed by atoms with E-state index in [4.69, 9.17) is 0 Å². The van der Waals surface area contributed by atoms with E-state index in [2.05, 4.69) is 36.7 Å². The van der Waals surface area contributed by atoms with Gasteiger partial charge in [0.1, 0.15) is 0 Å². The minimum absolute atomic E-state index is 0.0918. The molecule has 1 aromatic carbocycles. The normalized spacial score (nSPS) is 11.5. The minimum Gasteiger partial charge on any atom is -0.294 e. The third-order valence-electron chi connectivity index (χ3n) is 1.74. The van der Waals surface area contributed by atoms with Crippen LogP contribution in [0.4, 0.5) is 0 Å². The monoisotopic (exact) mass is 286 g/mol. The van der Waals surface area contributed by atoms with E-state index >= 15 is 0 Å². The van der Waals surface area contributed by atoms with Gasteiger partial charge < -0.3 is 0 Å². The molecule has 0 aromatic heterocycles. The average molecular weight is 287 g/mol. The van der Waals surface area contributed by atoms with Gasteiger partial charge in [0.25, 0.3) is 0 Å². The Morgan fingerprint density at radius 2 is 1.93 bits per heavy atom. The molecule has 0 saturated heterocycles. The number of benzene rings is 1. The fourth-order valence-electron chi connectivity index (χ4n) is 1.20. The van der Waals surface area contributed by atoms with E-state index in [1.54, 1.807) is 18.7 Å². The first-order valence-electron chi connectivity index (χ1n) is 4.79. The maximum absolute atomic E-state index is 11.2. The molecular formula is C12H15BrOS. The predicted molar refractivity (Wildman–Crippen MR) is 69.8 cm³/mol. The Bertz CT molecular complexity index is 380. The number of hydrogen-bond acceptors (Lipinski definition) is 2. The second-order valence-corrected chi connectivity index (χ2v) is 7.17. The van der Waals surface area contributed by atoms with Crippen molar-refractivity contribution >= 4 is 33.5 Å². The summed E-state index contributed by atoms with van der Waals surface area (Å²) in [6.45, 7) is 8.09. The maximum atomic E-state index is 11.2. The Kier molecular flexibility index (Phi) is 4.01. The van der Waals surface area contributed by atoms with Crippen molar-refractivity contribution in [3.8, 4) is 0 Å². The van der Waals surface area contributed by atoms with Crippen LogP contribution in [0.2, 0.25) is 0 Å². The molecule has 0 radical (unpaired) electrons. The number of carbonyl (C=O) groups is 1. The fraction of sp³-hybridized carbons (Fsp3) is 0.417. The van der Waals surface area contributed by atoms with Crippen LogP contribution < -0.4 is 0 Å². The molecule has 3 heteroatoms. The summed E-state index contributed by atoms with van der Waals surface area (Å²) in [6.07, 6.45) is 0. The number of carbonyl (C=O) groups excluding carboxylic acids is 1. The summed E-state index contributed by atoms with van der Waals surface area (Å²) < 4.78 is 1.07. The Morgan fingerprint density at radius 3 is 2.33 bits per heavy atom. The van der Waals surface area contributed by atoms with Gasteiger partial charge in [0, 0.05) is 19.7 Å². The molecule has 0 unspecified atom stereocenters. The van der Waals surface area contributed by atoms with Crippen molar-refractivity contribution in [2.75, 3.05) is 0 Å². The molecule has 0 aliphatic carbocycles. The van der Waals surface area contributed by atoms with Crippen molar-refractivity contribution in [2.24, 2.45) is 0 Å². The van der Waals surface area contributed by atoms with Gasteiger partial charge in [0.2, 0.25) is 0 Å². The van der Waals surface area contributed by atoms with Gasteiger partial charge in [0.15, 0.2) is 5.78 Å².